The topological polar surface area (TPSA) is 42.2 Å². The molecule has 22 heavy (non-hydrogen) atoms. The third-order valence-electron chi connectivity index (χ3n) is 3.36. The first-order chi connectivity index (χ1) is 10.8. The van der Waals surface area contributed by atoms with E-state index in [0.717, 1.165) is 24.4 Å². The Morgan fingerprint density at radius 1 is 1.09 bits per heavy atom. The van der Waals surface area contributed by atoms with Crippen LogP contribution in [0.3, 0.4) is 0 Å². The summed E-state index contributed by atoms with van der Waals surface area (Å²) in [5.74, 6) is 1.36. The third-order valence-corrected chi connectivity index (χ3v) is 4.22. The lowest BCUT2D eigenvalue weighted by atomic mass is 10.2. The molecular weight excluding hydrogens is 294 g/mol. The zero-order chi connectivity index (χ0) is 15.2. The summed E-state index contributed by atoms with van der Waals surface area (Å²) in [5.41, 5.74) is 1.30. The van der Waals surface area contributed by atoms with Crippen LogP contribution in [0.15, 0.2) is 52.4 Å². The number of aromatic nitrogens is 2. The summed E-state index contributed by atoms with van der Waals surface area (Å²) in [4.78, 5) is 7.88. The van der Waals surface area contributed by atoms with Gasteiger partial charge in [0.1, 0.15) is 0 Å². The third kappa shape index (κ3) is 3.81. The van der Waals surface area contributed by atoms with Gasteiger partial charge in [-0.15, -0.1) is 11.3 Å². The predicted octanol–water partition coefficient (Wildman–Crippen LogP) is 4.21. The van der Waals surface area contributed by atoms with E-state index in [2.05, 4.69) is 46.2 Å². The SMILES string of the molecule is CCCN(Cc1ccccc1)Cc1nc(-c2cccs2)no1. The van der Waals surface area contributed by atoms with Crippen molar-refractivity contribution in [3.05, 3.63) is 59.3 Å². The van der Waals surface area contributed by atoms with Crippen molar-refractivity contribution in [3.63, 3.8) is 0 Å². The van der Waals surface area contributed by atoms with Gasteiger partial charge in [0.05, 0.1) is 11.4 Å². The molecule has 0 radical (unpaired) electrons. The maximum atomic E-state index is 5.41. The monoisotopic (exact) mass is 313 g/mol. The molecule has 0 amide bonds. The Balaban J connectivity index is 1.68. The molecule has 0 saturated heterocycles. The molecule has 0 aliphatic carbocycles. The highest BCUT2D eigenvalue weighted by molar-refractivity contribution is 7.13. The lowest BCUT2D eigenvalue weighted by Gasteiger charge is -2.19. The van der Waals surface area contributed by atoms with Crippen molar-refractivity contribution in [1.29, 1.82) is 0 Å². The summed E-state index contributed by atoms with van der Waals surface area (Å²) in [7, 11) is 0. The van der Waals surface area contributed by atoms with Gasteiger partial charge in [0.15, 0.2) is 0 Å². The van der Waals surface area contributed by atoms with Crippen LogP contribution < -0.4 is 0 Å². The van der Waals surface area contributed by atoms with E-state index in [9.17, 15) is 0 Å². The standard InChI is InChI=1S/C17H19N3OS/c1-2-10-20(12-14-7-4-3-5-8-14)13-16-18-17(19-21-16)15-9-6-11-22-15/h3-9,11H,2,10,12-13H2,1H3. The molecule has 0 atom stereocenters. The smallest absolute Gasteiger partial charge is 0.241 e. The Bertz CT molecular complexity index is 679. The first-order valence-corrected chi connectivity index (χ1v) is 8.36. The minimum absolute atomic E-state index is 0.674. The van der Waals surface area contributed by atoms with Gasteiger partial charge in [-0.1, -0.05) is 48.5 Å². The summed E-state index contributed by atoms with van der Waals surface area (Å²) in [6.45, 7) is 4.76. The minimum Gasteiger partial charge on any atom is -0.338 e. The van der Waals surface area contributed by atoms with E-state index in [0.29, 0.717) is 18.3 Å². The average molecular weight is 313 g/mol. The normalized spacial score (nSPS) is 11.2. The molecule has 0 fully saturated rings. The molecule has 0 bridgehead atoms. The van der Waals surface area contributed by atoms with Crippen molar-refractivity contribution in [2.45, 2.75) is 26.4 Å². The minimum atomic E-state index is 0.674. The zero-order valence-electron chi connectivity index (χ0n) is 12.6. The van der Waals surface area contributed by atoms with Gasteiger partial charge >= 0.3 is 0 Å². The predicted molar refractivity (Wildman–Crippen MR) is 88.5 cm³/mol. The van der Waals surface area contributed by atoms with Crippen LogP contribution in [0.4, 0.5) is 0 Å². The molecule has 0 aliphatic heterocycles. The van der Waals surface area contributed by atoms with Crippen LogP contribution in [-0.4, -0.2) is 21.6 Å². The number of rotatable bonds is 7. The fraction of sp³-hybridized carbons (Fsp3) is 0.294. The van der Waals surface area contributed by atoms with Gasteiger partial charge in [-0.2, -0.15) is 4.98 Å². The van der Waals surface area contributed by atoms with E-state index < -0.39 is 0 Å². The van der Waals surface area contributed by atoms with E-state index in [1.54, 1.807) is 11.3 Å². The molecule has 3 aromatic rings. The highest BCUT2D eigenvalue weighted by Gasteiger charge is 2.13. The Morgan fingerprint density at radius 3 is 2.68 bits per heavy atom. The lowest BCUT2D eigenvalue weighted by molar-refractivity contribution is 0.219. The molecule has 0 unspecified atom stereocenters. The maximum Gasteiger partial charge on any atom is 0.241 e. The van der Waals surface area contributed by atoms with Gasteiger partial charge < -0.3 is 4.52 Å². The van der Waals surface area contributed by atoms with Crippen LogP contribution in [-0.2, 0) is 13.1 Å². The van der Waals surface area contributed by atoms with Crippen LogP contribution in [0.5, 0.6) is 0 Å². The second-order valence-corrected chi connectivity index (χ2v) is 6.13. The van der Waals surface area contributed by atoms with Crippen LogP contribution in [0.2, 0.25) is 0 Å². The van der Waals surface area contributed by atoms with Crippen LogP contribution in [0, 0.1) is 0 Å². The molecule has 3 rings (SSSR count). The van der Waals surface area contributed by atoms with Crippen molar-refractivity contribution >= 4 is 11.3 Å². The van der Waals surface area contributed by atoms with Crippen molar-refractivity contribution in [2.75, 3.05) is 6.54 Å². The fourth-order valence-electron chi connectivity index (χ4n) is 2.39. The van der Waals surface area contributed by atoms with Gasteiger partial charge in [0.25, 0.3) is 0 Å². The first kappa shape index (κ1) is 14.9. The zero-order valence-corrected chi connectivity index (χ0v) is 13.4. The summed E-state index contributed by atoms with van der Waals surface area (Å²) in [5, 5.41) is 6.09. The molecular formula is C17H19N3OS. The second-order valence-electron chi connectivity index (χ2n) is 5.19. The molecule has 0 N–H and O–H groups in total. The molecule has 0 aliphatic rings. The molecule has 2 aromatic heterocycles. The van der Waals surface area contributed by atoms with Gasteiger partial charge in [-0.25, -0.2) is 0 Å². The fourth-order valence-corrected chi connectivity index (χ4v) is 3.04. The van der Waals surface area contributed by atoms with E-state index >= 15 is 0 Å². The molecule has 5 heteroatoms. The van der Waals surface area contributed by atoms with E-state index in [4.69, 9.17) is 4.52 Å². The Morgan fingerprint density at radius 2 is 1.95 bits per heavy atom. The average Bonchev–Trinajstić information content (AvgIpc) is 3.19. The molecule has 4 nitrogen and oxygen atoms in total. The summed E-state index contributed by atoms with van der Waals surface area (Å²) in [6.07, 6.45) is 1.10. The van der Waals surface area contributed by atoms with Crippen molar-refractivity contribution < 1.29 is 4.52 Å². The number of benzene rings is 1. The lowest BCUT2D eigenvalue weighted by Crippen LogP contribution is -2.23. The van der Waals surface area contributed by atoms with Crippen LogP contribution >= 0.6 is 11.3 Å². The van der Waals surface area contributed by atoms with E-state index in [1.165, 1.54) is 5.56 Å². The van der Waals surface area contributed by atoms with Gasteiger partial charge in [-0.3, -0.25) is 4.90 Å². The van der Waals surface area contributed by atoms with Crippen LogP contribution in [0.25, 0.3) is 10.7 Å². The molecule has 114 valence electrons. The highest BCUT2D eigenvalue weighted by Crippen LogP contribution is 2.21. The number of nitrogens with zero attached hydrogens (tertiary/aromatic N) is 3. The molecule has 2 heterocycles. The molecule has 0 saturated carbocycles. The van der Waals surface area contributed by atoms with Gasteiger partial charge in [0, 0.05) is 6.54 Å². The maximum absolute atomic E-state index is 5.41. The van der Waals surface area contributed by atoms with Crippen LogP contribution in [0.1, 0.15) is 24.8 Å². The Kier molecular flexibility index (Phi) is 4.98. The molecule has 1 aromatic carbocycles. The van der Waals surface area contributed by atoms with E-state index in [-0.39, 0.29) is 0 Å². The van der Waals surface area contributed by atoms with Gasteiger partial charge in [-0.05, 0) is 30.0 Å². The summed E-state index contributed by atoms with van der Waals surface area (Å²) in [6, 6.07) is 14.5. The number of hydrogen-bond acceptors (Lipinski definition) is 5. The van der Waals surface area contributed by atoms with Crippen molar-refractivity contribution in [3.8, 4) is 10.7 Å². The Labute approximate surface area is 134 Å². The van der Waals surface area contributed by atoms with Gasteiger partial charge in [0.2, 0.25) is 11.7 Å². The number of thiophene rings is 1. The van der Waals surface area contributed by atoms with E-state index in [1.807, 2.05) is 23.6 Å². The first-order valence-electron chi connectivity index (χ1n) is 7.48. The second kappa shape index (κ2) is 7.33. The summed E-state index contributed by atoms with van der Waals surface area (Å²) < 4.78 is 5.41. The Hall–Kier alpha value is -1.98. The van der Waals surface area contributed by atoms with Crippen molar-refractivity contribution in [2.24, 2.45) is 0 Å². The largest absolute Gasteiger partial charge is 0.338 e. The quantitative estimate of drug-likeness (QED) is 0.655. The number of hydrogen-bond donors (Lipinski definition) is 0. The van der Waals surface area contributed by atoms with Crippen molar-refractivity contribution in [1.82, 2.24) is 15.0 Å². The highest BCUT2D eigenvalue weighted by atomic mass is 32.1. The summed E-state index contributed by atoms with van der Waals surface area (Å²) >= 11 is 1.62. The molecule has 0 spiro atoms.